The fourth-order valence-corrected chi connectivity index (χ4v) is 3.14. The van der Waals surface area contributed by atoms with E-state index >= 15 is 0 Å². The van der Waals surface area contributed by atoms with Gasteiger partial charge in [0.15, 0.2) is 0 Å². The molecule has 2 aromatic rings. The van der Waals surface area contributed by atoms with Crippen LogP contribution in [0.2, 0.25) is 0 Å². The Morgan fingerprint density at radius 1 is 1.22 bits per heavy atom. The molecule has 1 saturated heterocycles. The lowest BCUT2D eigenvalue weighted by Gasteiger charge is -2.28. The second-order valence-corrected chi connectivity index (χ2v) is 6.81. The smallest absolute Gasteiger partial charge is 0.378 e. The van der Waals surface area contributed by atoms with Crippen LogP contribution >= 0.6 is 0 Å². The predicted octanol–water partition coefficient (Wildman–Crippen LogP) is 4.00. The Morgan fingerprint density at radius 3 is 2.56 bits per heavy atom. The van der Waals surface area contributed by atoms with Gasteiger partial charge < -0.3 is 15.0 Å². The Bertz CT molecular complexity index is 1100. The summed E-state index contributed by atoms with van der Waals surface area (Å²) in [5.41, 5.74) is -1.09. The van der Waals surface area contributed by atoms with Crippen LogP contribution in [0.25, 0.3) is 6.08 Å². The Labute approximate surface area is 180 Å². The summed E-state index contributed by atoms with van der Waals surface area (Å²) in [6.45, 7) is 1.85. The van der Waals surface area contributed by atoms with Crippen LogP contribution in [0.15, 0.2) is 48.0 Å². The number of hydrogen-bond acceptors (Lipinski definition) is 6. The van der Waals surface area contributed by atoms with Gasteiger partial charge in [0, 0.05) is 24.8 Å². The molecule has 1 amide bonds. The summed E-state index contributed by atoms with van der Waals surface area (Å²) in [5.74, 6) is -0.938. The number of nitro benzene ring substituents is 1. The average molecular weight is 446 g/mol. The van der Waals surface area contributed by atoms with Crippen LogP contribution in [-0.2, 0) is 15.7 Å². The zero-order valence-corrected chi connectivity index (χ0v) is 16.6. The number of benzene rings is 2. The van der Waals surface area contributed by atoms with Gasteiger partial charge in [0.2, 0.25) is 0 Å². The number of carbonyl (C=O) groups excluding carboxylic acids is 1. The number of rotatable bonds is 5. The fraction of sp³-hybridized carbons (Fsp3) is 0.238. The molecule has 166 valence electrons. The second kappa shape index (κ2) is 9.49. The highest BCUT2D eigenvalue weighted by Gasteiger charge is 2.30. The van der Waals surface area contributed by atoms with Crippen LogP contribution in [0.1, 0.15) is 11.1 Å². The molecule has 1 heterocycles. The molecule has 3 rings (SSSR count). The van der Waals surface area contributed by atoms with Gasteiger partial charge in [-0.2, -0.15) is 18.4 Å². The molecule has 1 fully saturated rings. The molecule has 32 heavy (non-hydrogen) atoms. The first-order chi connectivity index (χ1) is 15.2. The average Bonchev–Trinajstić information content (AvgIpc) is 2.77. The summed E-state index contributed by atoms with van der Waals surface area (Å²) >= 11 is 0. The van der Waals surface area contributed by atoms with E-state index in [9.17, 15) is 33.3 Å². The number of nitrogens with one attached hydrogen (secondary N) is 1. The molecule has 0 bridgehead atoms. The van der Waals surface area contributed by atoms with Crippen molar-refractivity contribution in [3.05, 3.63) is 69.3 Å². The van der Waals surface area contributed by atoms with Crippen molar-refractivity contribution < 1.29 is 27.6 Å². The first-order valence-corrected chi connectivity index (χ1v) is 9.40. The van der Waals surface area contributed by atoms with E-state index in [0.717, 1.165) is 24.3 Å². The molecule has 0 aromatic heterocycles. The van der Waals surface area contributed by atoms with E-state index in [2.05, 4.69) is 5.32 Å². The SMILES string of the molecule is N#C/C(=C/c1ccc(N2CCOCC2)c([N+](=O)[O-])c1)C(=O)Nc1cccc(C(F)(F)F)c1. The van der Waals surface area contributed by atoms with Gasteiger partial charge in [-0.25, -0.2) is 0 Å². The Balaban J connectivity index is 1.85. The van der Waals surface area contributed by atoms with E-state index in [1.807, 2.05) is 0 Å². The van der Waals surface area contributed by atoms with Gasteiger partial charge in [0.05, 0.1) is 23.7 Å². The van der Waals surface area contributed by atoms with Crippen LogP contribution in [0.4, 0.5) is 30.2 Å². The number of morpholine rings is 1. The maximum Gasteiger partial charge on any atom is 0.416 e. The highest BCUT2D eigenvalue weighted by atomic mass is 19.4. The summed E-state index contributed by atoms with van der Waals surface area (Å²) in [7, 11) is 0. The lowest BCUT2D eigenvalue weighted by molar-refractivity contribution is -0.384. The van der Waals surface area contributed by atoms with Crippen LogP contribution in [0.5, 0.6) is 0 Å². The van der Waals surface area contributed by atoms with Gasteiger partial charge in [-0.05, 0) is 35.9 Å². The van der Waals surface area contributed by atoms with Gasteiger partial charge in [0.1, 0.15) is 17.3 Å². The molecule has 1 aliphatic heterocycles. The van der Waals surface area contributed by atoms with Crippen LogP contribution in [-0.4, -0.2) is 37.1 Å². The predicted molar refractivity (Wildman–Crippen MR) is 110 cm³/mol. The van der Waals surface area contributed by atoms with Crippen molar-refractivity contribution in [2.24, 2.45) is 0 Å². The molecule has 11 heteroatoms. The highest BCUT2D eigenvalue weighted by Crippen LogP contribution is 2.32. The van der Waals surface area contributed by atoms with Gasteiger partial charge >= 0.3 is 6.18 Å². The summed E-state index contributed by atoms with van der Waals surface area (Å²) in [4.78, 5) is 25.2. The van der Waals surface area contributed by atoms with E-state index in [-0.39, 0.29) is 16.9 Å². The maximum atomic E-state index is 12.8. The van der Waals surface area contributed by atoms with Crippen LogP contribution in [0.3, 0.4) is 0 Å². The van der Waals surface area contributed by atoms with Crippen LogP contribution < -0.4 is 10.2 Å². The van der Waals surface area contributed by atoms with E-state index in [4.69, 9.17) is 4.74 Å². The third-order valence-electron chi connectivity index (χ3n) is 4.67. The first-order valence-electron chi connectivity index (χ1n) is 9.40. The molecule has 0 unspecified atom stereocenters. The van der Waals surface area contributed by atoms with Crippen molar-refractivity contribution in [1.82, 2.24) is 0 Å². The van der Waals surface area contributed by atoms with E-state index in [1.54, 1.807) is 11.0 Å². The second-order valence-electron chi connectivity index (χ2n) is 6.81. The maximum absolute atomic E-state index is 12.8. The topological polar surface area (TPSA) is 108 Å². The Hall–Kier alpha value is -3.91. The fourth-order valence-electron chi connectivity index (χ4n) is 3.14. The van der Waals surface area contributed by atoms with Crippen molar-refractivity contribution in [3.63, 3.8) is 0 Å². The minimum atomic E-state index is -4.59. The number of nitro groups is 1. The number of amides is 1. The lowest BCUT2D eigenvalue weighted by Crippen LogP contribution is -2.36. The monoisotopic (exact) mass is 446 g/mol. The molecule has 0 spiro atoms. The minimum Gasteiger partial charge on any atom is -0.378 e. The molecular weight excluding hydrogens is 429 g/mol. The Morgan fingerprint density at radius 2 is 1.94 bits per heavy atom. The van der Waals surface area contributed by atoms with Crippen molar-refractivity contribution in [1.29, 1.82) is 5.26 Å². The zero-order chi connectivity index (χ0) is 23.3. The normalized spacial score (nSPS) is 14.6. The van der Waals surface area contributed by atoms with Gasteiger partial charge in [-0.3, -0.25) is 14.9 Å². The molecule has 8 nitrogen and oxygen atoms in total. The molecule has 0 radical (unpaired) electrons. The quantitative estimate of drug-likeness (QED) is 0.322. The number of anilines is 2. The summed E-state index contributed by atoms with van der Waals surface area (Å²) in [5, 5.41) is 23.1. The number of nitrogens with zero attached hydrogens (tertiary/aromatic N) is 3. The van der Waals surface area contributed by atoms with Gasteiger partial charge in [-0.1, -0.05) is 12.1 Å². The van der Waals surface area contributed by atoms with E-state index < -0.39 is 28.1 Å². The molecule has 1 aliphatic rings. The number of hydrogen-bond donors (Lipinski definition) is 1. The van der Waals surface area contributed by atoms with E-state index in [0.29, 0.717) is 32.0 Å². The molecule has 0 aliphatic carbocycles. The third kappa shape index (κ3) is 5.41. The number of alkyl halides is 3. The summed E-state index contributed by atoms with van der Waals surface area (Å²) in [6, 6.07) is 9.93. The summed E-state index contributed by atoms with van der Waals surface area (Å²) < 4.78 is 43.8. The number of halogens is 3. The minimum absolute atomic E-state index is 0.139. The standard InChI is InChI=1S/C21H17F3N4O4/c22-21(23,24)16-2-1-3-17(12-16)26-20(29)15(13-25)10-14-4-5-18(19(11-14)28(30)31)27-6-8-32-9-7-27/h1-5,10-12H,6-9H2,(H,26,29)/b15-10-. The van der Waals surface area contributed by atoms with Gasteiger partial charge in [-0.15, -0.1) is 0 Å². The first kappa shape index (κ1) is 22.8. The third-order valence-corrected chi connectivity index (χ3v) is 4.67. The number of ether oxygens (including phenoxy) is 1. The Kier molecular flexibility index (Phi) is 6.75. The molecule has 0 atom stereocenters. The van der Waals surface area contributed by atoms with Crippen molar-refractivity contribution >= 4 is 29.0 Å². The number of nitriles is 1. The van der Waals surface area contributed by atoms with Gasteiger partial charge in [0.25, 0.3) is 11.6 Å². The zero-order valence-electron chi connectivity index (χ0n) is 16.6. The number of carbonyl (C=O) groups is 1. The van der Waals surface area contributed by atoms with Crippen molar-refractivity contribution in [3.8, 4) is 6.07 Å². The molecule has 0 saturated carbocycles. The van der Waals surface area contributed by atoms with Crippen molar-refractivity contribution in [2.75, 3.05) is 36.5 Å². The van der Waals surface area contributed by atoms with Crippen molar-refractivity contribution in [2.45, 2.75) is 6.18 Å². The molecule has 2 aromatic carbocycles. The summed E-state index contributed by atoms with van der Waals surface area (Å²) in [6.07, 6.45) is -3.45. The highest BCUT2D eigenvalue weighted by molar-refractivity contribution is 6.09. The lowest BCUT2D eigenvalue weighted by atomic mass is 10.1. The largest absolute Gasteiger partial charge is 0.416 e. The molecular formula is C21H17F3N4O4. The molecule has 1 N–H and O–H groups in total. The van der Waals surface area contributed by atoms with E-state index in [1.165, 1.54) is 24.3 Å². The van der Waals surface area contributed by atoms with Crippen LogP contribution in [0, 0.1) is 21.4 Å².